The summed E-state index contributed by atoms with van der Waals surface area (Å²) >= 11 is 1.31. The van der Waals surface area contributed by atoms with E-state index in [2.05, 4.69) is 10.3 Å². The van der Waals surface area contributed by atoms with Crippen LogP contribution in [0.1, 0.15) is 15.5 Å². The molecule has 0 bridgehead atoms. The van der Waals surface area contributed by atoms with Gasteiger partial charge in [0.1, 0.15) is 23.1 Å². The van der Waals surface area contributed by atoms with Crippen LogP contribution in [-0.2, 0) is 11.3 Å². The molecular formula is C14H15N3O5S. The second-order valence-electron chi connectivity index (χ2n) is 4.41. The number of amides is 1. The number of benzene rings is 1. The summed E-state index contributed by atoms with van der Waals surface area (Å²) in [7, 11) is 1.56. The number of hydrogen-bond donors (Lipinski definition) is 1. The fourth-order valence-corrected chi connectivity index (χ4v) is 2.33. The molecule has 2 aromatic rings. The Kier molecular flexibility index (Phi) is 6.01. The van der Waals surface area contributed by atoms with E-state index in [9.17, 15) is 14.9 Å². The van der Waals surface area contributed by atoms with Crippen molar-refractivity contribution in [1.29, 1.82) is 0 Å². The van der Waals surface area contributed by atoms with Crippen molar-refractivity contribution in [3.05, 3.63) is 50.5 Å². The summed E-state index contributed by atoms with van der Waals surface area (Å²) in [5.74, 6) is 0.233. The van der Waals surface area contributed by atoms with E-state index in [0.29, 0.717) is 29.6 Å². The number of methoxy groups -OCH3 is 1. The van der Waals surface area contributed by atoms with Gasteiger partial charge in [0.05, 0.1) is 11.5 Å². The van der Waals surface area contributed by atoms with Crippen LogP contribution in [0.15, 0.2) is 29.6 Å². The van der Waals surface area contributed by atoms with Gasteiger partial charge in [0.25, 0.3) is 11.6 Å². The lowest BCUT2D eigenvalue weighted by molar-refractivity contribution is -0.384. The number of carbonyl (C=O) groups is 1. The average Bonchev–Trinajstić information content (AvgIpc) is 3.02. The molecule has 1 aromatic heterocycles. The summed E-state index contributed by atoms with van der Waals surface area (Å²) in [6.45, 7) is 1.04. The Hall–Kier alpha value is -2.52. The van der Waals surface area contributed by atoms with Gasteiger partial charge in [-0.1, -0.05) is 0 Å². The first-order valence-electron chi connectivity index (χ1n) is 6.69. The number of rotatable bonds is 8. The molecule has 1 aromatic carbocycles. The molecule has 23 heavy (non-hydrogen) atoms. The number of carbonyl (C=O) groups excluding carboxylic acids is 1. The zero-order valence-corrected chi connectivity index (χ0v) is 13.2. The van der Waals surface area contributed by atoms with E-state index in [1.165, 1.54) is 35.6 Å². The van der Waals surface area contributed by atoms with Crippen LogP contribution in [0.25, 0.3) is 0 Å². The summed E-state index contributed by atoms with van der Waals surface area (Å²) in [6, 6.07) is 5.77. The number of nitrogens with one attached hydrogen (secondary N) is 1. The summed E-state index contributed by atoms with van der Waals surface area (Å²) in [5.41, 5.74) is 0.329. The van der Waals surface area contributed by atoms with Gasteiger partial charge in [-0.3, -0.25) is 14.9 Å². The van der Waals surface area contributed by atoms with Crippen LogP contribution < -0.4 is 10.1 Å². The van der Waals surface area contributed by atoms with Crippen molar-refractivity contribution in [1.82, 2.24) is 10.3 Å². The minimum absolute atomic E-state index is 0.00150. The molecule has 8 nitrogen and oxygen atoms in total. The molecule has 0 fully saturated rings. The van der Waals surface area contributed by atoms with Gasteiger partial charge in [-0.05, 0) is 12.1 Å². The number of nitrogens with zero attached hydrogens (tertiary/aromatic N) is 2. The first-order chi connectivity index (χ1) is 11.1. The van der Waals surface area contributed by atoms with Gasteiger partial charge in [0.15, 0.2) is 0 Å². The number of aromatic nitrogens is 1. The van der Waals surface area contributed by atoms with Gasteiger partial charge in [-0.25, -0.2) is 4.98 Å². The van der Waals surface area contributed by atoms with Crippen LogP contribution in [0.2, 0.25) is 0 Å². The third-order valence-corrected chi connectivity index (χ3v) is 3.61. The number of thiazole rings is 1. The molecule has 0 aliphatic rings. The molecule has 0 atom stereocenters. The molecule has 1 heterocycles. The molecule has 122 valence electrons. The lowest BCUT2D eigenvalue weighted by Gasteiger charge is -2.03. The molecule has 0 aliphatic carbocycles. The van der Waals surface area contributed by atoms with Crippen molar-refractivity contribution < 1.29 is 19.2 Å². The first-order valence-corrected chi connectivity index (χ1v) is 7.57. The molecule has 0 radical (unpaired) electrons. The molecule has 0 saturated heterocycles. The third-order valence-electron chi connectivity index (χ3n) is 2.79. The molecule has 0 saturated carbocycles. The van der Waals surface area contributed by atoms with Crippen LogP contribution in [0.3, 0.4) is 0 Å². The highest BCUT2D eigenvalue weighted by Crippen LogP contribution is 2.19. The number of hydrogen-bond acceptors (Lipinski definition) is 7. The van der Waals surface area contributed by atoms with E-state index < -0.39 is 4.92 Å². The summed E-state index contributed by atoms with van der Waals surface area (Å²) in [6.07, 6.45) is 0. The predicted molar refractivity (Wildman–Crippen MR) is 83.8 cm³/mol. The van der Waals surface area contributed by atoms with Crippen molar-refractivity contribution in [2.75, 3.05) is 20.3 Å². The normalized spacial score (nSPS) is 10.3. The maximum atomic E-state index is 11.8. The summed E-state index contributed by atoms with van der Waals surface area (Å²) in [4.78, 5) is 26.1. The summed E-state index contributed by atoms with van der Waals surface area (Å²) < 4.78 is 10.3. The lowest BCUT2D eigenvalue weighted by Crippen LogP contribution is -2.27. The SMILES string of the molecule is COCCNC(=O)c1csc(COc2ccc([N+](=O)[O-])cc2)n1. The fraction of sp³-hybridized carbons (Fsp3) is 0.286. The van der Waals surface area contributed by atoms with Crippen LogP contribution in [-0.4, -0.2) is 36.1 Å². The Morgan fingerprint density at radius 2 is 2.13 bits per heavy atom. The molecule has 0 unspecified atom stereocenters. The van der Waals surface area contributed by atoms with Gasteiger partial charge in [-0.2, -0.15) is 0 Å². The Morgan fingerprint density at radius 1 is 1.39 bits per heavy atom. The monoisotopic (exact) mass is 337 g/mol. The number of ether oxygens (including phenoxy) is 2. The molecule has 2 rings (SSSR count). The van der Waals surface area contributed by atoms with Crippen LogP contribution in [0, 0.1) is 10.1 Å². The third kappa shape index (κ3) is 5.01. The van der Waals surface area contributed by atoms with Crippen molar-refractivity contribution in [3.63, 3.8) is 0 Å². The molecule has 0 aliphatic heterocycles. The molecule has 0 spiro atoms. The molecule has 9 heteroatoms. The maximum Gasteiger partial charge on any atom is 0.270 e. The zero-order valence-electron chi connectivity index (χ0n) is 12.4. The number of non-ortho nitro benzene ring substituents is 1. The van der Waals surface area contributed by atoms with E-state index in [-0.39, 0.29) is 18.2 Å². The smallest absolute Gasteiger partial charge is 0.270 e. The number of nitro groups is 1. The largest absolute Gasteiger partial charge is 0.486 e. The second-order valence-corrected chi connectivity index (χ2v) is 5.36. The molecule has 1 amide bonds. The van der Waals surface area contributed by atoms with Gasteiger partial charge in [0.2, 0.25) is 0 Å². The highest BCUT2D eigenvalue weighted by atomic mass is 32.1. The Morgan fingerprint density at radius 3 is 2.78 bits per heavy atom. The van der Waals surface area contributed by atoms with Crippen molar-refractivity contribution in [2.45, 2.75) is 6.61 Å². The first kappa shape index (κ1) is 16.8. The van der Waals surface area contributed by atoms with E-state index in [0.717, 1.165) is 0 Å². The Balaban J connectivity index is 1.86. The summed E-state index contributed by atoms with van der Waals surface area (Å²) in [5, 5.41) is 15.5. The fourth-order valence-electron chi connectivity index (χ4n) is 1.65. The van der Waals surface area contributed by atoms with Gasteiger partial charge in [-0.15, -0.1) is 11.3 Å². The van der Waals surface area contributed by atoms with E-state index in [4.69, 9.17) is 9.47 Å². The predicted octanol–water partition coefficient (Wildman–Crippen LogP) is 2.01. The molecular weight excluding hydrogens is 322 g/mol. The Bertz CT molecular complexity index is 671. The van der Waals surface area contributed by atoms with E-state index in [1.807, 2.05) is 0 Å². The second kappa shape index (κ2) is 8.20. The van der Waals surface area contributed by atoms with Gasteiger partial charge in [0, 0.05) is 31.2 Å². The van der Waals surface area contributed by atoms with Gasteiger partial charge >= 0.3 is 0 Å². The van der Waals surface area contributed by atoms with Crippen molar-refractivity contribution in [2.24, 2.45) is 0 Å². The standard InChI is InChI=1S/C14H15N3O5S/c1-21-7-6-15-14(18)12-9-23-13(16-12)8-22-11-4-2-10(3-5-11)17(19)20/h2-5,9H,6-8H2,1H3,(H,15,18). The van der Waals surface area contributed by atoms with E-state index in [1.54, 1.807) is 12.5 Å². The highest BCUT2D eigenvalue weighted by molar-refractivity contribution is 7.09. The highest BCUT2D eigenvalue weighted by Gasteiger charge is 2.11. The van der Waals surface area contributed by atoms with Crippen molar-refractivity contribution in [3.8, 4) is 5.75 Å². The Labute approximate surface area is 136 Å². The zero-order chi connectivity index (χ0) is 16.7. The van der Waals surface area contributed by atoms with Crippen LogP contribution in [0.5, 0.6) is 5.75 Å². The quantitative estimate of drug-likeness (QED) is 0.449. The maximum absolute atomic E-state index is 11.8. The lowest BCUT2D eigenvalue weighted by atomic mass is 10.3. The van der Waals surface area contributed by atoms with Gasteiger partial charge < -0.3 is 14.8 Å². The van der Waals surface area contributed by atoms with Crippen LogP contribution in [0.4, 0.5) is 5.69 Å². The topological polar surface area (TPSA) is 104 Å². The van der Waals surface area contributed by atoms with Crippen molar-refractivity contribution >= 4 is 22.9 Å². The minimum atomic E-state index is -0.473. The van der Waals surface area contributed by atoms with E-state index >= 15 is 0 Å². The van der Waals surface area contributed by atoms with Crippen LogP contribution >= 0.6 is 11.3 Å². The minimum Gasteiger partial charge on any atom is -0.486 e. The molecule has 1 N–H and O–H groups in total. The average molecular weight is 337 g/mol. The number of nitro benzene ring substituents is 1.